The highest BCUT2D eigenvalue weighted by Crippen LogP contribution is 2.71. The van der Waals surface area contributed by atoms with Gasteiger partial charge in [-0.2, -0.15) is 0 Å². The molecule has 4 aliphatic rings. The normalized spacial score (nSPS) is 55.4. The van der Waals surface area contributed by atoms with Gasteiger partial charge in [0, 0.05) is 16.7 Å². The van der Waals surface area contributed by atoms with Crippen molar-refractivity contribution >= 4 is 34.8 Å². The van der Waals surface area contributed by atoms with Gasteiger partial charge in [-0.1, -0.05) is 26.3 Å². The summed E-state index contributed by atoms with van der Waals surface area (Å²) in [4.78, 5) is 24.9. The molecule has 0 bridgehead atoms. The molecule has 0 spiro atoms. The Balaban J connectivity index is 1.86. The molecule has 5 nitrogen and oxygen atoms in total. The van der Waals surface area contributed by atoms with E-state index < -0.39 is 69.1 Å². The largest absolute Gasteiger partial charge is 0.390 e. The Morgan fingerprint density at radius 2 is 1.93 bits per heavy atom. The van der Waals surface area contributed by atoms with Gasteiger partial charge >= 0.3 is 0 Å². The lowest BCUT2D eigenvalue weighted by molar-refractivity contribution is -0.227. The lowest BCUT2D eigenvalue weighted by Crippen LogP contribution is -2.72. The van der Waals surface area contributed by atoms with E-state index in [1.54, 1.807) is 20.8 Å². The lowest BCUT2D eigenvalue weighted by Gasteiger charge is -2.64. The number of hydrogen-bond donors (Lipinski definition) is 3. The fraction of sp³-hybridized carbons (Fsp3) is 0.818. The molecule has 168 valence electrons. The molecule has 30 heavy (non-hydrogen) atoms. The molecule has 0 heterocycles. The molecular formula is C22H29Cl2FO5. The van der Waals surface area contributed by atoms with Gasteiger partial charge in [0.2, 0.25) is 0 Å². The Labute approximate surface area is 185 Å². The van der Waals surface area contributed by atoms with Gasteiger partial charge in [0.05, 0.1) is 11.5 Å². The van der Waals surface area contributed by atoms with Gasteiger partial charge in [-0.05, 0) is 43.6 Å². The Hall–Kier alpha value is -0.530. The van der Waals surface area contributed by atoms with Gasteiger partial charge in [-0.15, -0.1) is 23.2 Å². The minimum absolute atomic E-state index is 0.148. The van der Waals surface area contributed by atoms with Crippen molar-refractivity contribution < 1.29 is 29.3 Å². The van der Waals surface area contributed by atoms with Gasteiger partial charge < -0.3 is 15.3 Å². The minimum atomic E-state index is -2.16. The smallest absolute Gasteiger partial charge is 0.190 e. The summed E-state index contributed by atoms with van der Waals surface area (Å²) in [5, 5.41) is 30.1. The summed E-state index contributed by atoms with van der Waals surface area (Å²) in [6.45, 7) is 4.28. The van der Waals surface area contributed by atoms with E-state index in [0.29, 0.717) is 24.8 Å². The van der Waals surface area contributed by atoms with E-state index in [-0.39, 0.29) is 12.2 Å². The monoisotopic (exact) mass is 462 g/mol. The first kappa shape index (κ1) is 22.7. The van der Waals surface area contributed by atoms with Crippen LogP contribution in [0.5, 0.6) is 0 Å². The number of fused-ring (bicyclic) bond motifs is 5. The molecule has 0 aromatic rings. The molecule has 2 unspecified atom stereocenters. The molecule has 0 saturated heterocycles. The average Bonchev–Trinajstić information content (AvgIpc) is 2.90. The maximum Gasteiger partial charge on any atom is 0.190 e. The van der Waals surface area contributed by atoms with Gasteiger partial charge in [0.15, 0.2) is 11.6 Å². The summed E-state index contributed by atoms with van der Waals surface area (Å²) < 4.78 is 17.2. The predicted molar refractivity (Wildman–Crippen MR) is 110 cm³/mol. The molecule has 4 rings (SSSR count). The van der Waals surface area contributed by atoms with Crippen molar-refractivity contribution in [3.63, 3.8) is 0 Å². The third-order valence-corrected chi connectivity index (χ3v) is 10.6. The quantitative estimate of drug-likeness (QED) is 0.548. The number of hydrogen-bond acceptors (Lipinski definition) is 5. The fourth-order valence-electron chi connectivity index (χ4n) is 7.63. The van der Waals surface area contributed by atoms with E-state index in [2.05, 4.69) is 0 Å². The summed E-state index contributed by atoms with van der Waals surface area (Å²) in [6, 6.07) is 0. The van der Waals surface area contributed by atoms with E-state index in [4.69, 9.17) is 23.2 Å². The first-order valence-electron chi connectivity index (χ1n) is 10.6. The number of ketones is 2. The zero-order valence-corrected chi connectivity index (χ0v) is 18.9. The van der Waals surface area contributed by atoms with Crippen LogP contribution in [-0.2, 0) is 9.59 Å². The fourth-order valence-corrected chi connectivity index (χ4v) is 8.38. The maximum absolute atomic E-state index is 17.2. The number of carbonyl (C=O) groups is 2. The summed E-state index contributed by atoms with van der Waals surface area (Å²) >= 11 is 12.9. The molecule has 0 radical (unpaired) electrons. The number of aliphatic hydroxyl groups is 3. The third-order valence-electron chi connectivity index (χ3n) is 9.29. The van der Waals surface area contributed by atoms with E-state index >= 15 is 4.39 Å². The van der Waals surface area contributed by atoms with Crippen LogP contribution in [-0.4, -0.2) is 61.6 Å². The van der Waals surface area contributed by atoms with E-state index in [1.807, 2.05) is 0 Å². The van der Waals surface area contributed by atoms with Crippen molar-refractivity contribution in [3.05, 3.63) is 11.6 Å². The second-order valence-corrected chi connectivity index (χ2v) is 11.2. The van der Waals surface area contributed by atoms with E-state index in [1.165, 1.54) is 6.08 Å². The second-order valence-electron chi connectivity index (χ2n) is 10.2. The predicted octanol–water partition coefficient (Wildman–Crippen LogP) is 2.55. The van der Waals surface area contributed by atoms with Gasteiger partial charge in [0.25, 0.3) is 0 Å². The SMILES string of the molecule is C[C@@H]1C[C@H]2[C@@H]3CCC4=CC(=O)C(Cl)C(Cl)[C@]4(C)[C@@]3(F)[C@@H](O)C[C@]2(C)[C@@]1(O)C(=O)CO. The molecule has 0 amide bonds. The van der Waals surface area contributed by atoms with Gasteiger partial charge in [0.1, 0.15) is 23.3 Å². The van der Waals surface area contributed by atoms with Crippen LogP contribution in [0.3, 0.4) is 0 Å². The number of carbonyl (C=O) groups excluding carboxylic acids is 2. The summed E-state index contributed by atoms with van der Waals surface area (Å²) in [7, 11) is 0. The first-order chi connectivity index (χ1) is 13.8. The number of rotatable bonds is 2. The van der Waals surface area contributed by atoms with Gasteiger partial charge in [-0.25, -0.2) is 4.39 Å². The van der Waals surface area contributed by atoms with Crippen molar-refractivity contribution in [2.75, 3.05) is 6.61 Å². The number of aliphatic hydroxyl groups excluding tert-OH is 2. The van der Waals surface area contributed by atoms with Crippen molar-refractivity contribution in [2.45, 2.75) is 74.6 Å². The highest BCUT2D eigenvalue weighted by atomic mass is 35.5. The van der Waals surface area contributed by atoms with E-state index in [9.17, 15) is 24.9 Å². The van der Waals surface area contributed by atoms with Crippen LogP contribution in [0.15, 0.2) is 11.6 Å². The molecule has 3 N–H and O–H groups in total. The van der Waals surface area contributed by atoms with Crippen molar-refractivity contribution in [1.29, 1.82) is 0 Å². The van der Waals surface area contributed by atoms with Crippen molar-refractivity contribution in [3.8, 4) is 0 Å². The minimum Gasteiger partial charge on any atom is -0.390 e. The zero-order valence-electron chi connectivity index (χ0n) is 17.4. The Kier molecular flexibility index (Phi) is 5.09. The topological polar surface area (TPSA) is 94.8 Å². The third kappa shape index (κ3) is 2.30. The standard InChI is InChI=1S/C22H29Cl2FO5/c1-10-6-13-12-5-4-11-7-14(27)17(23)18(24)20(11,3)21(12,25)15(28)8-19(13,2)22(10,30)16(29)9-26/h7,10,12-13,15,17-18,26,28,30H,4-6,8-9H2,1-3H3/t10-,12+,13+,15+,17?,18?,19+,20-,21+,22+/m1/s1. The van der Waals surface area contributed by atoms with Crippen LogP contribution >= 0.6 is 23.2 Å². The molecule has 0 aromatic carbocycles. The Bertz CT molecular complexity index is 834. The second kappa shape index (κ2) is 6.74. The lowest BCUT2D eigenvalue weighted by atomic mass is 9.43. The highest BCUT2D eigenvalue weighted by molar-refractivity contribution is 6.40. The Morgan fingerprint density at radius 3 is 2.53 bits per heavy atom. The van der Waals surface area contributed by atoms with Crippen molar-refractivity contribution in [1.82, 2.24) is 0 Å². The number of alkyl halides is 3. The number of halogens is 3. The van der Waals surface area contributed by atoms with Crippen LogP contribution in [0.25, 0.3) is 0 Å². The van der Waals surface area contributed by atoms with Crippen LogP contribution in [0.4, 0.5) is 4.39 Å². The van der Waals surface area contributed by atoms with Gasteiger partial charge in [-0.3, -0.25) is 9.59 Å². The summed E-state index contributed by atoms with van der Waals surface area (Å²) in [5.41, 5.74) is -5.86. The Morgan fingerprint density at radius 1 is 1.30 bits per heavy atom. The van der Waals surface area contributed by atoms with Crippen LogP contribution < -0.4 is 0 Å². The molecule has 4 aliphatic carbocycles. The summed E-state index contributed by atoms with van der Waals surface area (Å²) in [6.07, 6.45) is 0.926. The average molecular weight is 463 g/mol. The molecule has 0 aliphatic heterocycles. The summed E-state index contributed by atoms with van der Waals surface area (Å²) in [5.74, 6) is -2.60. The zero-order chi connectivity index (χ0) is 22.4. The van der Waals surface area contributed by atoms with E-state index in [0.717, 1.165) is 0 Å². The molecule has 8 heteroatoms. The van der Waals surface area contributed by atoms with Crippen molar-refractivity contribution in [2.24, 2.45) is 28.6 Å². The van der Waals surface area contributed by atoms with Crippen LogP contribution in [0.2, 0.25) is 0 Å². The molecule has 10 atom stereocenters. The molecule has 3 saturated carbocycles. The molecule has 3 fully saturated rings. The maximum atomic E-state index is 17.2. The number of Topliss-reactive ketones (excluding diaryl/α,β-unsaturated/α-hetero) is 1. The molecule has 0 aromatic heterocycles. The number of allylic oxidation sites excluding steroid dienone is 1. The van der Waals surface area contributed by atoms with Crippen LogP contribution in [0.1, 0.15) is 46.5 Å². The van der Waals surface area contributed by atoms with Crippen LogP contribution in [0, 0.1) is 28.6 Å². The molecular weight excluding hydrogens is 434 g/mol. The highest BCUT2D eigenvalue weighted by Gasteiger charge is 2.77. The first-order valence-corrected chi connectivity index (χ1v) is 11.5.